The summed E-state index contributed by atoms with van der Waals surface area (Å²) < 4.78 is 10.5. The maximum atomic E-state index is 12.2. The molecule has 5 heteroatoms. The van der Waals surface area contributed by atoms with Crippen LogP contribution in [0.1, 0.15) is 34.3 Å². The van der Waals surface area contributed by atoms with Crippen LogP contribution in [0.3, 0.4) is 0 Å². The van der Waals surface area contributed by atoms with Gasteiger partial charge in [0.2, 0.25) is 0 Å². The molecular weight excluding hydrogens is 318 g/mol. The van der Waals surface area contributed by atoms with E-state index < -0.39 is 5.97 Å². The van der Waals surface area contributed by atoms with Gasteiger partial charge in [0.1, 0.15) is 5.75 Å². The van der Waals surface area contributed by atoms with Gasteiger partial charge in [-0.2, -0.15) is 0 Å². The highest BCUT2D eigenvalue weighted by Gasteiger charge is 2.16. The van der Waals surface area contributed by atoms with Gasteiger partial charge in [0.25, 0.3) is 5.91 Å². The molecule has 3 rings (SSSR count). The summed E-state index contributed by atoms with van der Waals surface area (Å²) >= 11 is 0. The Morgan fingerprint density at radius 2 is 1.84 bits per heavy atom. The summed E-state index contributed by atoms with van der Waals surface area (Å²) in [5, 5.41) is 2.71. The number of hydrogen-bond acceptors (Lipinski definition) is 4. The second-order valence-corrected chi connectivity index (χ2v) is 5.97. The largest absolute Gasteiger partial charge is 0.483 e. The number of carbonyl (C=O) groups excluding carboxylic acids is 2. The van der Waals surface area contributed by atoms with Crippen LogP contribution in [0.2, 0.25) is 0 Å². The standard InChI is InChI=1S/C20H21NO4/c1-24-20(23)16-10-4-5-11-17(16)21-19(22)13-25-18-12-6-8-14-7-2-3-9-15(14)18/h4-6,8,10-12H,2-3,7,9,13H2,1H3,(H,21,22). The number of nitrogens with one attached hydrogen (secondary N) is 1. The van der Waals surface area contributed by atoms with Gasteiger partial charge in [0, 0.05) is 0 Å². The monoisotopic (exact) mass is 339 g/mol. The number of esters is 1. The van der Waals surface area contributed by atoms with Crippen molar-refractivity contribution in [2.75, 3.05) is 19.0 Å². The first-order chi connectivity index (χ1) is 12.2. The van der Waals surface area contributed by atoms with Crippen LogP contribution in [-0.4, -0.2) is 25.6 Å². The van der Waals surface area contributed by atoms with Crippen molar-refractivity contribution in [3.05, 3.63) is 59.2 Å². The second-order valence-electron chi connectivity index (χ2n) is 5.97. The third-order valence-electron chi connectivity index (χ3n) is 4.32. The fourth-order valence-electron chi connectivity index (χ4n) is 3.09. The molecule has 0 saturated carbocycles. The Balaban J connectivity index is 1.66. The fraction of sp³-hybridized carbons (Fsp3) is 0.300. The van der Waals surface area contributed by atoms with E-state index in [1.54, 1.807) is 24.3 Å². The van der Waals surface area contributed by atoms with Crippen molar-refractivity contribution in [3.63, 3.8) is 0 Å². The van der Waals surface area contributed by atoms with E-state index in [2.05, 4.69) is 11.4 Å². The van der Waals surface area contributed by atoms with Crippen LogP contribution in [0.4, 0.5) is 5.69 Å². The molecule has 2 aromatic rings. The molecule has 0 aromatic heterocycles. The third kappa shape index (κ3) is 3.99. The van der Waals surface area contributed by atoms with Crippen LogP contribution < -0.4 is 10.1 Å². The number of aryl methyl sites for hydroxylation is 1. The zero-order chi connectivity index (χ0) is 17.6. The molecule has 25 heavy (non-hydrogen) atoms. The molecule has 5 nitrogen and oxygen atoms in total. The molecule has 1 N–H and O–H groups in total. The number of carbonyl (C=O) groups is 2. The summed E-state index contributed by atoms with van der Waals surface area (Å²) in [5.41, 5.74) is 3.24. The molecule has 0 spiro atoms. The van der Waals surface area contributed by atoms with E-state index in [1.807, 2.05) is 12.1 Å². The number of hydrogen-bond donors (Lipinski definition) is 1. The molecule has 1 aliphatic carbocycles. The normalized spacial score (nSPS) is 12.8. The van der Waals surface area contributed by atoms with Crippen molar-refractivity contribution in [1.29, 1.82) is 0 Å². The first kappa shape index (κ1) is 17.0. The highest BCUT2D eigenvalue weighted by atomic mass is 16.5. The average molecular weight is 339 g/mol. The highest BCUT2D eigenvalue weighted by molar-refractivity contribution is 6.01. The molecule has 1 aliphatic rings. The van der Waals surface area contributed by atoms with E-state index in [1.165, 1.54) is 24.7 Å². The minimum absolute atomic E-state index is 0.105. The second kappa shape index (κ2) is 7.83. The molecule has 0 aliphatic heterocycles. The first-order valence-corrected chi connectivity index (χ1v) is 8.40. The lowest BCUT2D eigenvalue weighted by Crippen LogP contribution is -2.22. The van der Waals surface area contributed by atoms with E-state index in [4.69, 9.17) is 9.47 Å². The molecule has 0 saturated heterocycles. The van der Waals surface area contributed by atoms with Crippen LogP contribution in [-0.2, 0) is 22.4 Å². The molecule has 0 fully saturated rings. The molecule has 2 aromatic carbocycles. The van der Waals surface area contributed by atoms with Crippen molar-refractivity contribution < 1.29 is 19.1 Å². The number of benzene rings is 2. The number of fused-ring (bicyclic) bond motifs is 1. The minimum Gasteiger partial charge on any atom is -0.483 e. The lowest BCUT2D eigenvalue weighted by Gasteiger charge is -2.19. The van der Waals surface area contributed by atoms with Gasteiger partial charge in [-0.05, 0) is 55.0 Å². The van der Waals surface area contributed by atoms with E-state index in [0.29, 0.717) is 11.3 Å². The predicted molar refractivity (Wildman–Crippen MR) is 95.0 cm³/mol. The first-order valence-electron chi connectivity index (χ1n) is 8.40. The van der Waals surface area contributed by atoms with E-state index >= 15 is 0 Å². The Labute approximate surface area is 147 Å². The summed E-state index contributed by atoms with van der Waals surface area (Å²) in [6, 6.07) is 12.7. The molecule has 0 unspecified atom stereocenters. The third-order valence-corrected chi connectivity index (χ3v) is 4.32. The maximum Gasteiger partial charge on any atom is 0.339 e. The molecular formula is C20H21NO4. The lowest BCUT2D eigenvalue weighted by molar-refractivity contribution is -0.118. The fourth-order valence-corrected chi connectivity index (χ4v) is 3.09. The minimum atomic E-state index is -0.492. The Hall–Kier alpha value is -2.82. The van der Waals surface area contributed by atoms with E-state index in [0.717, 1.165) is 25.0 Å². The van der Waals surface area contributed by atoms with Gasteiger partial charge < -0.3 is 14.8 Å². The molecule has 0 heterocycles. The van der Waals surface area contributed by atoms with Crippen LogP contribution in [0.15, 0.2) is 42.5 Å². The topological polar surface area (TPSA) is 64.6 Å². The molecule has 130 valence electrons. The summed E-state index contributed by atoms with van der Waals surface area (Å²) in [6.45, 7) is -0.105. The molecule has 0 bridgehead atoms. The van der Waals surface area contributed by atoms with E-state index in [9.17, 15) is 9.59 Å². The number of rotatable bonds is 5. The van der Waals surface area contributed by atoms with Gasteiger partial charge in [0.05, 0.1) is 18.4 Å². The maximum absolute atomic E-state index is 12.2. The van der Waals surface area contributed by atoms with Gasteiger partial charge in [-0.3, -0.25) is 4.79 Å². The number of methoxy groups -OCH3 is 1. The van der Waals surface area contributed by atoms with Crippen LogP contribution in [0.25, 0.3) is 0 Å². The predicted octanol–water partition coefficient (Wildman–Crippen LogP) is 3.37. The Morgan fingerprint density at radius 1 is 1.04 bits per heavy atom. The lowest BCUT2D eigenvalue weighted by atomic mass is 9.91. The van der Waals surface area contributed by atoms with Gasteiger partial charge >= 0.3 is 5.97 Å². The number of anilines is 1. The number of ether oxygens (including phenoxy) is 2. The van der Waals surface area contributed by atoms with Crippen molar-refractivity contribution in [2.45, 2.75) is 25.7 Å². The van der Waals surface area contributed by atoms with Crippen LogP contribution >= 0.6 is 0 Å². The Bertz CT molecular complexity index is 785. The smallest absolute Gasteiger partial charge is 0.339 e. The molecule has 0 radical (unpaired) electrons. The Kier molecular flexibility index (Phi) is 5.33. The molecule has 1 amide bonds. The van der Waals surface area contributed by atoms with Crippen molar-refractivity contribution in [1.82, 2.24) is 0 Å². The van der Waals surface area contributed by atoms with Gasteiger partial charge in [-0.15, -0.1) is 0 Å². The van der Waals surface area contributed by atoms with E-state index in [-0.39, 0.29) is 12.5 Å². The Morgan fingerprint density at radius 3 is 2.68 bits per heavy atom. The highest BCUT2D eigenvalue weighted by Crippen LogP contribution is 2.29. The van der Waals surface area contributed by atoms with Crippen LogP contribution in [0.5, 0.6) is 5.75 Å². The quantitative estimate of drug-likeness (QED) is 0.848. The van der Waals surface area contributed by atoms with Gasteiger partial charge in [-0.25, -0.2) is 4.79 Å². The van der Waals surface area contributed by atoms with Gasteiger partial charge in [-0.1, -0.05) is 24.3 Å². The summed E-state index contributed by atoms with van der Waals surface area (Å²) in [4.78, 5) is 24.0. The zero-order valence-electron chi connectivity index (χ0n) is 14.2. The summed E-state index contributed by atoms with van der Waals surface area (Å²) in [6.07, 6.45) is 4.39. The van der Waals surface area contributed by atoms with Crippen molar-refractivity contribution >= 4 is 17.6 Å². The van der Waals surface area contributed by atoms with Crippen LogP contribution in [0, 0.1) is 0 Å². The molecule has 0 atom stereocenters. The summed E-state index contributed by atoms with van der Waals surface area (Å²) in [5.74, 6) is -0.0349. The average Bonchev–Trinajstić information content (AvgIpc) is 2.66. The van der Waals surface area contributed by atoms with Crippen molar-refractivity contribution in [3.8, 4) is 5.75 Å². The SMILES string of the molecule is COC(=O)c1ccccc1NC(=O)COc1cccc2c1CCCC2. The van der Waals surface area contributed by atoms with Crippen molar-refractivity contribution in [2.24, 2.45) is 0 Å². The summed E-state index contributed by atoms with van der Waals surface area (Å²) in [7, 11) is 1.31. The number of amides is 1. The number of para-hydroxylation sites is 1. The zero-order valence-corrected chi connectivity index (χ0v) is 14.2. The van der Waals surface area contributed by atoms with Gasteiger partial charge in [0.15, 0.2) is 6.61 Å².